The average molecular weight is 383 g/mol. The fourth-order valence-corrected chi connectivity index (χ4v) is 3.13. The van der Waals surface area contributed by atoms with Crippen molar-refractivity contribution in [2.24, 2.45) is 0 Å². The Morgan fingerprint density at radius 2 is 1.82 bits per heavy atom. The van der Waals surface area contributed by atoms with Gasteiger partial charge in [0.2, 0.25) is 11.8 Å². The maximum atomic E-state index is 13.1. The van der Waals surface area contributed by atoms with E-state index in [1.807, 2.05) is 19.1 Å². The Morgan fingerprint density at radius 1 is 1.14 bits per heavy atom. The molecule has 0 aliphatic carbocycles. The Balaban J connectivity index is 1.71. The van der Waals surface area contributed by atoms with Crippen molar-refractivity contribution in [2.75, 3.05) is 18.4 Å². The molecular weight excluding hydrogens is 361 g/mol. The van der Waals surface area contributed by atoms with Crippen LogP contribution in [0.25, 0.3) is 0 Å². The van der Waals surface area contributed by atoms with Gasteiger partial charge in [0.05, 0.1) is 6.42 Å². The first-order chi connectivity index (χ1) is 13.5. The van der Waals surface area contributed by atoms with Gasteiger partial charge in [0, 0.05) is 24.3 Å². The summed E-state index contributed by atoms with van der Waals surface area (Å²) in [6.45, 7) is 2.63. The number of halogens is 1. The first kappa shape index (κ1) is 19.5. The van der Waals surface area contributed by atoms with E-state index < -0.39 is 17.8 Å². The first-order valence-electron chi connectivity index (χ1n) is 9.21. The summed E-state index contributed by atoms with van der Waals surface area (Å²) < 4.78 is 13.1. The van der Waals surface area contributed by atoms with Crippen molar-refractivity contribution in [3.63, 3.8) is 0 Å². The minimum atomic E-state index is -0.916. The number of benzene rings is 2. The number of hydrogen-bond donors (Lipinski definition) is 2. The molecule has 1 unspecified atom stereocenters. The van der Waals surface area contributed by atoms with Gasteiger partial charge in [-0.1, -0.05) is 19.1 Å². The van der Waals surface area contributed by atoms with E-state index in [0.29, 0.717) is 12.2 Å². The molecule has 1 atom stereocenters. The molecule has 1 aliphatic heterocycles. The van der Waals surface area contributed by atoms with E-state index in [4.69, 9.17) is 0 Å². The van der Waals surface area contributed by atoms with Gasteiger partial charge < -0.3 is 15.5 Å². The van der Waals surface area contributed by atoms with Crippen LogP contribution in [0, 0.1) is 5.82 Å². The second kappa shape index (κ2) is 8.65. The summed E-state index contributed by atoms with van der Waals surface area (Å²) in [5.74, 6) is -1.58. The Kier molecular flexibility index (Phi) is 6.03. The molecule has 3 rings (SSSR count). The van der Waals surface area contributed by atoms with Crippen LogP contribution < -0.4 is 10.6 Å². The summed E-state index contributed by atoms with van der Waals surface area (Å²) >= 11 is 0. The van der Waals surface area contributed by atoms with Crippen LogP contribution in [0.4, 0.5) is 10.1 Å². The minimum absolute atomic E-state index is 0.158. The number of aryl methyl sites for hydroxylation is 1. The Hall–Kier alpha value is -3.22. The molecule has 1 saturated heterocycles. The SMILES string of the molecule is CCc1ccc(NC(=O)CC2C(=O)NCCN2C(=O)c2ccc(F)cc2)cc1. The normalized spacial score (nSPS) is 16.4. The molecule has 146 valence electrons. The van der Waals surface area contributed by atoms with Gasteiger partial charge in [0.15, 0.2) is 0 Å². The van der Waals surface area contributed by atoms with E-state index in [2.05, 4.69) is 10.6 Å². The summed E-state index contributed by atoms with van der Waals surface area (Å²) in [6.07, 6.45) is 0.741. The molecule has 2 N–H and O–H groups in total. The van der Waals surface area contributed by atoms with Gasteiger partial charge in [-0.25, -0.2) is 4.39 Å². The molecule has 1 fully saturated rings. The van der Waals surface area contributed by atoms with Crippen LogP contribution in [0.1, 0.15) is 29.3 Å². The number of rotatable bonds is 5. The Bertz CT molecular complexity index is 865. The van der Waals surface area contributed by atoms with Gasteiger partial charge in [0.25, 0.3) is 5.91 Å². The van der Waals surface area contributed by atoms with Crippen molar-refractivity contribution in [1.29, 1.82) is 0 Å². The monoisotopic (exact) mass is 383 g/mol. The van der Waals surface area contributed by atoms with E-state index in [9.17, 15) is 18.8 Å². The van der Waals surface area contributed by atoms with Crippen LogP contribution in [-0.2, 0) is 16.0 Å². The van der Waals surface area contributed by atoms with Crippen molar-refractivity contribution >= 4 is 23.4 Å². The van der Waals surface area contributed by atoms with Crippen LogP contribution in [0.3, 0.4) is 0 Å². The highest BCUT2D eigenvalue weighted by Crippen LogP contribution is 2.16. The van der Waals surface area contributed by atoms with Gasteiger partial charge in [-0.15, -0.1) is 0 Å². The number of nitrogens with one attached hydrogen (secondary N) is 2. The van der Waals surface area contributed by atoms with Crippen LogP contribution in [0.2, 0.25) is 0 Å². The fraction of sp³-hybridized carbons (Fsp3) is 0.286. The molecule has 3 amide bonds. The molecular formula is C21H22FN3O3. The summed E-state index contributed by atoms with van der Waals surface area (Å²) in [5.41, 5.74) is 2.06. The van der Waals surface area contributed by atoms with Crippen LogP contribution in [-0.4, -0.2) is 41.8 Å². The smallest absolute Gasteiger partial charge is 0.254 e. The zero-order valence-corrected chi connectivity index (χ0v) is 15.6. The molecule has 2 aromatic carbocycles. The van der Waals surface area contributed by atoms with Crippen molar-refractivity contribution < 1.29 is 18.8 Å². The molecule has 0 radical (unpaired) electrons. The maximum Gasteiger partial charge on any atom is 0.254 e. The lowest BCUT2D eigenvalue weighted by Crippen LogP contribution is -2.58. The summed E-state index contributed by atoms with van der Waals surface area (Å²) in [4.78, 5) is 38.9. The molecule has 0 saturated carbocycles. The Labute approximate surface area is 162 Å². The zero-order chi connectivity index (χ0) is 20.1. The minimum Gasteiger partial charge on any atom is -0.353 e. The molecule has 28 heavy (non-hydrogen) atoms. The maximum absolute atomic E-state index is 13.1. The highest BCUT2D eigenvalue weighted by atomic mass is 19.1. The second-order valence-electron chi connectivity index (χ2n) is 6.62. The average Bonchev–Trinajstić information content (AvgIpc) is 2.70. The van der Waals surface area contributed by atoms with Crippen molar-refractivity contribution in [2.45, 2.75) is 25.8 Å². The summed E-state index contributed by atoms with van der Waals surface area (Å²) in [6, 6.07) is 11.7. The van der Waals surface area contributed by atoms with Crippen molar-refractivity contribution in [1.82, 2.24) is 10.2 Å². The number of anilines is 1. The van der Waals surface area contributed by atoms with E-state index in [1.165, 1.54) is 29.2 Å². The highest BCUT2D eigenvalue weighted by molar-refractivity contribution is 6.01. The van der Waals surface area contributed by atoms with Gasteiger partial charge in [-0.2, -0.15) is 0 Å². The van der Waals surface area contributed by atoms with E-state index in [0.717, 1.165) is 12.0 Å². The predicted molar refractivity (Wildman–Crippen MR) is 103 cm³/mol. The van der Waals surface area contributed by atoms with Crippen LogP contribution in [0.15, 0.2) is 48.5 Å². The quantitative estimate of drug-likeness (QED) is 0.832. The lowest BCUT2D eigenvalue weighted by atomic mass is 10.1. The number of hydrogen-bond acceptors (Lipinski definition) is 3. The van der Waals surface area contributed by atoms with E-state index >= 15 is 0 Å². The van der Waals surface area contributed by atoms with E-state index in [1.54, 1.807) is 12.1 Å². The van der Waals surface area contributed by atoms with Crippen molar-refractivity contribution in [3.05, 3.63) is 65.5 Å². The van der Waals surface area contributed by atoms with Gasteiger partial charge >= 0.3 is 0 Å². The molecule has 7 heteroatoms. The van der Waals surface area contributed by atoms with Crippen LogP contribution >= 0.6 is 0 Å². The molecule has 0 bridgehead atoms. The zero-order valence-electron chi connectivity index (χ0n) is 15.6. The highest BCUT2D eigenvalue weighted by Gasteiger charge is 2.35. The Morgan fingerprint density at radius 3 is 2.46 bits per heavy atom. The molecule has 0 spiro atoms. The second-order valence-corrected chi connectivity index (χ2v) is 6.62. The molecule has 0 aromatic heterocycles. The lowest BCUT2D eigenvalue weighted by molar-refractivity contribution is -0.131. The first-order valence-corrected chi connectivity index (χ1v) is 9.21. The largest absolute Gasteiger partial charge is 0.353 e. The van der Waals surface area contributed by atoms with Gasteiger partial charge in [-0.3, -0.25) is 14.4 Å². The number of nitrogens with zero attached hydrogens (tertiary/aromatic N) is 1. The lowest BCUT2D eigenvalue weighted by Gasteiger charge is -2.34. The molecule has 6 nitrogen and oxygen atoms in total. The predicted octanol–water partition coefficient (Wildman–Crippen LogP) is 2.36. The van der Waals surface area contributed by atoms with E-state index in [-0.39, 0.29) is 30.3 Å². The summed E-state index contributed by atoms with van der Waals surface area (Å²) in [7, 11) is 0. The van der Waals surface area contributed by atoms with Crippen molar-refractivity contribution in [3.8, 4) is 0 Å². The molecule has 2 aromatic rings. The third-order valence-electron chi connectivity index (χ3n) is 4.71. The topological polar surface area (TPSA) is 78.5 Å². The third-order valence-corrected chi connectivity index (χ3v) is 4.71. The number of carbonyl (C=O) groups is 3. The number of piperazine rings is 1. The fourth-order valence-electron chi connectivity index (χ4n) is 3.13. The van der Waals surface area contributed by atoms with Gasteiger partial charge in [0.1, 0.15) is 11.9 Å². The molecule has 1 heterocycles. The standard InChI is InChI=1S/C21H22FN3O3/c1-2-14-3-9-17(10-4-14)24-19(26)13-18-20(27)23-11-12-25(18)21(28)15-5-7-16(22)8-6-15/h3-10,18H,2,11-13H2,1H3,(H,23,27)(H,24,26). The summed E-state index contributed by atoms with van der Waals surface area (Å²) in [5, 5.41) is 5.45. The third kappa shape index (κ3) is 4.54. The number of amides is 3. The number of carbonyl (C=O) groups excluding carboxylic acids is 3. The van der Waals surface area contributed by atoms with Crippen LogP contribution in [0.5, 0.6) is 0 Å². The van der Waals surface area contributed by atoms with Gasteiger partial charge in [-0.05, 0) is 48.4 Å². The molecule has 1 aliphatic rings.